The van der Waals surface area contributed by atoms with Gasteiger partial charge in [0.15, 0.2) is 11.6 Å². The van der Waals surface area contributed by atoms with Crippen LogP contribution >= 0.6 is 0 Å². The number of carbonyl (C=O) groups is 2. The molecule has 6 aliphatic rings. The van der Waals surface area contributed by atoms with Crippen molar-refractivity contribution in [2.75, 3.05) is 0 Å². The van der Waals surface area contributed by atoms with E-state index in [2.05, 4.69) is 23.5 Å². The third-order valence-electron chi connectivity index (χ3n) is 10.2. The smallest absolute Gasteiger partial charge is 0.226 e. The molecule has 0 aromatic heterocycles. The molecule has 0 amide bonds. The number of rotatable bonds is 2. The van der Waals surface area contributed by atoms with E-state index in [0.717, 1.165) is 25.7 Å². The van der Waals surface area contributed by atoms with Crippen LogP contribution in [0.4, 0.5) is 0 Å². The first-order chi connectivity index (χ1) is 17.8. The van der Waals surface area contributed by atoms with Crippen LogP contribution in [0.5, 0.6) is 0 Å². The van der Waals surface area contributed by atoms with Gasteiger partial charge in [-0.05, 0) is 63.2 Å². The molecule has 6 rings (SSSR count). The molecule has 2 aliphatic heterocycles. The van der Waals surface area contributed by atoms with Crippen LogP contribution in [0.1, 0.15) is 92.9 Å². The highest BCUT2D eigenvalue weighted by molar-refractivity contribution is 6.03. The van der Waals surface area contributed by atoms with Gasteiger partial charge in [-0.2, -0.15) is 0 Å². The van der Waals surface area contributed by atoms with E-state index in [4.69, 9.17) is 22.6 Å². The molecule has 2 heterocycles. The van der Waals surface area contributed by atoms with Gasteiger partial charge in [-0.1, -0.05) is 53.7 Å². The highest BCUT2D eigenvalue weighted by atomic mass is 16.5. The summed E-state index contributed by atoms with van der Waals surface area (Å²) in [6.07, 6.45) is 13.5. The molecule has 2 saturated heterocycles. The fourth-order valence-electron chi connectivity index (χ4n) is 7.70. The maximum Gasteiger partial charge on any atom is 0.226 e. The number of fused-ring (bicyclic) bond motifs is 2. The molecule has 6 heteroatoms. The topological polar surface area (TPSA) is 61.3 Å². The molecule has 4 aliphatic carbocycles. The Balaban J connectivity index is 0.000000155. The zero-order valence-corrected chi connectivity index (χ0v) is 23.8. The lowest BCUT2D eigenvalue weighted by molar-refractivity contribution is -0.174. The second kappa shape index (κ2) is 9.14. The fraction of sp³-hybridized carbons (Fsp3) is 0.750. The van der Waals surface area contributed by atoms with E-state index in [1.54, 1.807) is 0 Å². The molecule has 4 fully saturated rings. The highest BCUT2D eigenvalue weighted by Crippen LogP contribution is 2.55. The van der Waals surface area contributed by atoms with Crippen molar-refractivity contribution >= 4 is 11.6 Å². The molecule has 204 valence electrons. The second-order valence-electron chi connectivity index (χ2n) is 14.3. The van der Waals surface area contributed by atoms with Gasteiger partial charge in [0.2, 0.25) is 11.4 Å². The molecule has 6 atom stereocenters. The van der Waals surface area contributed by atoms with Crippen LogP contribution in [0.15, 0.2) is 23.5 Å². The Morgan fingerprint density at radius 2 is 1.00 bits per heavy atom. The van der Waals surface area contributed by atoms with E-state index in [-0.39, 0.29) is 34.6 Å². The number of ether oxygens (including phenoxy) is 2. The van der Waals surface area contributed by atoms with Crippen LogP contribution in [-0.4, -0.2) is 36.0 Å². The van der Waals surface area contributed by atoms with Gasteiger partial charge < -0.3 is 19.1 Å². The van der Waals surface area contributed by atoms with Crippen LogP contribution in [0.3, 0.4) is 0 Å². The molecule has 0 bridgehead atoms. The predicted molar refractivity (Wildman–Crippen MR) is 144 cm³/mol. The second-order valence-corrected chi connectivity index (χ2v) is 14.3. The molecular weight excluding hydrogens is 476 g/mol. The Hall–Kier alpha value is -2.28. The van der Waals surface area contributed by atoms with Crippen LogP contribution in [-0.2, 0) is 19.1 Å². The summed E-state index contributed by atoms with van der Waals surface area (Å²) in [5, 5.41) is 0. The van der Waals surface area contributed by atoms with Gasteiger partial charge in [-0.25, -0.2) is 9.69 Å². The molecule has 0 aromatic rings. The molecule has 38 heavy (non-hydrogen) atoms. The van der Waals surface area contributed by atoms with Crippen molar-refractivity contribution < 1.29 is 19.1 Å². The van der Waals surface area contributed by atoms with Crippen molar-refractivity contribution in [2.45, 2.75) is 117 Å². The number of hydrogen-bond donors (Lipinski definition) is 0. The maximum absolute atomic E-state index is 12.4. The third-order valence-corrected chi connectivity index (χ3v) is 10.2. The van der Waals surface area contributed by atoms with E-state index >= 15 is 0 Å². The molecule has 0 radical (unpaired) electrons. The average Bonchev–Trinajstić information content (AvgIpc) is 3.78. The number of carbonyl (C=O) groups excluding carboxylic acids is 2. The van der Waals surface area contributed by atoms with E-state index in [1.165, 1.54) is 25.7 Å². The van der Waals surface area contributed by atoms with E-state index in [0.29, 0.717) is 35.4 Å². The summed E-state index contributed by atoms with van der Waals surface area (Å²) in [6.45, 7) is 26.4. The minimum atomic E-state index is -0.586. The van der Waals surface area contributed by atoms with Crippen molar-refractivity contribution in [3.05, 3.63) is 46.4 Å². The van der Waals surface area contributed by atoms with Gasteiger partial charge in [0.1, 0.15) is 0 Å². The summed E-state index contributed by atoms with van der Waals surface area (Å²) >= 11 is 0. The highest BCUT2D eigenvalue weighted by Gasteiger charge is 2.57. The Labute approximate surface area is 227 Å². The molecule has 0 aromatic carbocycles. The number of ketones is 2. The van der Waals surface area contributed by atoms with Crippen molar-refractivity contribution in [1.82, 2.24) is 0 Å². The first-order valence-corrected chi connectivity index (χ1v) is 14.4. The first kappa shape index (κ1) is 27.3. The van der Waals surface area contributed by atoms with Gasteiger partial charge in [0.05, 0.1) is 37.6 Å². The maximum atomic E-state index is 12.4. The van der Waals surface area contributed by atoms with Crippen molar-refractivity contribution in [3.8, 4) is 0 Å². The van der Waals surface area contributed by atoms with Crippen molar-refractivity contribution in [1.29, 1.82) is 0 Å². The monoisotopic (exact) mass is 518 g/mol. The van der Waals surface area contributed by atoms with Gasteiger partial charge in [0.25, 0.3) is 0 Å². The number of allylic oxidation sites excluding steroid dienone is 2. The van der Waals surface area contributed by atoms with Gasteiger partial charge in [0, 0.05) is 21.7 Å². The summed E-state index contributed by atoms with van der Waals surface area (Å²) < 4.78 is 12.7. The number of nitrogens with zero attached hydrogens (tertiary/aromatic N) is 2. The first-order valence-electron chi connectivity index (χ1n) is 14.4. The Morgan fingerprint density at radius 3 is 1.29 bits per heavy atom. The Morgan fingerprint density at radius 1 is 0.658 bits per heavy atom. The van der Waals surface area contributed by atoms with Crippen LogP contribution in [0.2, 0.25) is 0 Å². The molecule has 0 N–H and O–H groups in total. The minimum Gasteiger partial charge on any atom is -0.373 e. The largest absolute Gasteiger partial charge is 0.373 e. The van der Waals surface area contributed by atoms with E-state index in [9.17, 15) is 9.59 Å². The van der Waals surface area contributed by atoms with Crippen LogP contribution in [0, 0.1) is 46.6 Å². The van der Waals surface area contributed by atoms with Gasteiger partial charge in [-0.15, -0.1) is 0 Å². The average molecular weight is 519 g/mol. The normalized spacial score (nSPS) is 41.2. The van der Waals surface area contributed by atoms with Crippen LogP contribution < -0.4 is 0 Å². The SMILES string of the molecule is [C-]#[N+]C1=C[C@@]2(C)CC[C@H](C3CC3)O[C@@H]2C(C)(C)C1=O.[C-]#[N+]C1=C[C@]2(C)CC[C@@H](C3CC3)O[C@H]2C(C)(C)C1=O. The molecular formula is C32H42N2O4. The fourth-order valence-corrected chi connectivity index (χ4v) is 7.70. The zero-order valence-electron chi connectivity index (χ0n) is 23.8. The lowest BCUT2D eigenvalue weighted by Gasteiger charge is -2.52. The lowest BCUT2D eigenvalue weighted by Crippen LogP contribution is -2.56. The molecule has 0 unspecified atom stereocenters. The van der Waals surface area contributed by atoms with Gasteiger partial charge in [-0.3, -0.25) is 0 Å². The summed E-state index contributed by atoms with van der Waals surface area (Å²) in [4.78, 5) is 31.7. The summed E-state index contributed by atoms with van der Waals surface area (Å²) in [5.74, 6) is 1.31. The Kier molecular flexibility index (Phi) is 6.56. The Bertz CT molecular complexity index is 1080. The number of Topliss-reactive ketones (excluding diaryl/α,β-unsaturated/α-hetero) is 2. The van der Waals surface area contributed by atoms with Crippen molar-refractivity contribution in [3.63, 3.8) is 0 Å². The number of hydrogen-bond acceptors (Lipinski definition) is 4. The summed E-state index contributed by atoms with van der Waals surface area (Å²) in [5.41, 5.74) is -0.895. The quantitative estimate of drug-likeness (QED) is 0.381. The lowest BCUT2D eigenvalue weighted by atomic mass is 9.61. The minimum absolute atomic E-state index is 0.0542. The molecule has 6 nitrogen and oxygen atoms in total. The van der Waals surface area contributed by atoms with Crippen molar-refractivity contribution in [2.24, 2.45) is 33.5 Å². The molecule has 0 spiro atoms. The van der Waals surface area contributed by atoms with Crippen LogP contribution in [0.25, 0.3) is 9.69 Å². The summed E-state index contributed by atoms with van der Waals surface area (Å²) in [7, 11) is 0. The van der Waals surface area contributed by atoms with E-state index in [1.807, 2.05) is 39.8 Å². The standard InChI is InChI=1S/2C16H21NO2/c2*1-15(2)13(18)11(17-4)9-16(3)8-7-12(10-5-6-10)19-14(15)16/h2*9-10,12,14H,5-8H2,1-3H3/t2*12-,14-,16-/m10/s1. The zero-order chi connectivity index (χ0) is 27.7. The predicted octanol–water partition coefficient (Wildman–Crippen LogP) is 6.72. The summed E-state index contributed by atoms with van der Waals surface area (Å²) in [6, 6.07) is 0. The van der Waals surface area contributed by atoms with Gasteiger partial charge >= 0.3 is 0 Å². The third kappa shape index (κ3) is 4.48. The molecule has 2 saturated carbocycles. The van der Waals surface area contributed by atoms with E-state index < -0.39 is 10.8 Å².